The van der Waals surface area contributed by atoms with Crippen LogP contribution in [0.4, 0.5) is 13.2 Å². The van der Waals surface area contributed by atoms with Gasteiger partial charge in [0.15, 0.2) is 17.7 Å². The Bertz CT molecular complexity index is 1020. The molecule has 4 rings (SSSR count). The first-order valence-corrected chi connectivity index (χ1v) is 12.5. The van der Waals surface area contributed by atoms with E-state index in [2.05, 4.69) is 10.2 Å². The van der Waals surface area contributed by atoms with Crippen LogP contribution in [-0.2, 0) is 27.2 Å². The number of carbonyl (C=O) groups excluding carboxylic acids is 1. The summed E-state index contributed by atoms with van der Waals surface area (Å²) in [4.78, 5) is 14.1. The average molecular weight is 507 g/mol. The molecule has 1 unspecified atom stereocenters. The molecule has 2 aromatic carbocycles. The maximum Gasteiger partial charge on any atom is 0.335 e. The number of benzene rings is 2. The fourth-order valence-electron chi connectivity index (χ4n) is 4.95. The minimum atomic E-state index is -1.16. The van der Waals surface area contributed by atoms with Crippen molar-refractivity contribution in [3.05, 3.63) is 65.0 Å². The van der Waals surface area contributed by atoms with Gasteiger partial charge in [-0.05, 0) is 49.4 Å². The molecule has 0 bridgehead atoms. The number of esters is 1. The lowest BCUT2D eigenvalue weighted by Gasteiger charge is -2.20. The summed E-state index contributed by atoms with van der Waals surface area (Å²) in [5, 5.41) is 3.51. The fourth-order valence-corrected chi connectivity index (χ4v) is 4.95. The zero-order chi connectivity index (χ0) is 25.7. The van der Waals surface area contributed by atoms with Crippen molar-refractivity contribution in [3.8, 4) is 5.75 Å². The maximum absolute atomic E-state index is 13.9. The second-order valence-corrected chi connectivity index (χ2v) is 9.25. The highest BCUT2D eigenvalue weighted by molar-refractivity contribution is 5.75. The lowest BCUT2D eigenvalue weighted by atomic mass is 10.1. The van der Waals surface area contributed by atoms with Crippen molar-refractivity contribution < 1.29 is 32.2 Å². The maximum atomic E-state index is 13.9. The summed E-state index contributed by atoms with van der Waals surface area (Å²) in [7, 11) is 0. The molecular weight excluding hydrogens is 473 g/mol. The molecule has 2 fully saturated rings. The van der Waals surface area contributed by atoms with Crippen LogP contribution in [0, 0.1) is 29.3 Å². The number of nitrogens with zero attached hydrogens (tertiary/aromatic N) is 1. The van der Waals surface area contributed by atoms with Gasteiger partial charge in [-0.1, -0.05) is 12.1 Å². The average Bonchev–Trinajstić information content (AvgIpc) is 3.30. The zero-order valence-electron chi connectivity index (χ0n) is 20.6. The Morgan fingerprint density at radius 3 is 2.39 bits per heavy atom. The van der Waals surface area contributed by atoms with Crippen molar-refractivity contribution in [1.29, 1.82) is 0 Å². The van der Waals surface area contributed by atoms with E-state index in [4.69, 9.17) is 14.2 Å². The van der Waals surface area contributed by atoms with Crippen LogP contribution < -0.4 is 10.1 Å². The molecule has 2 aromatic rings. The van der Waals surface area contributed by atoms with Crippen molar-refractivity contribution in [1.82, 2.24) is 10.2 Å². The minimum Gasteiger partial charge on any atom is -0.492 e. The van der Waals surface area contributed by atoms with E-state index in [0.717, 1.165) is 30.5 Å². The summed E-state index contributed by atoms with van der Waals surface area (Å²) in [5.74, 6) is -1.52. The Labute approximate surface area is 209 Å². The summed E-state index contributed by atoms with van der Waals surface area (Å²) in [6.07, 6.45) is -0.172. The Morgan fingerprint density at radius 2 is 1.72 bits per heavy atom. The highest BCUT2D eigenvalue weighted by Gasteiger charge is 2.55. The third kappa shape index (κ3) is 6.57. The molecule has 6 nitrogen and oxygen atoms in total. The van der Waals surface area contributed by atoms with E-state index in [9.17, 15) is 18.0 Å². The first-order chi connectivity index (χ1) is 17.4. The van der Waals surface area contributed by atoms with E-state index in [-0.39, 0.29) is 18.1 Å². The van der Waals surface area contributed by atoms with Crippen molar-refractivity contribution in [2.75, 3.05) is 39.5 Å². The van der Waals surface area contributed by atoms with Crippen LogP contribution in [0.25, 0.3) is 0 Å². The summed E-state index contributed by atoms with van der Waals surface area (Å²) >= 11 is 0. The largest absolute Gasteiger partial charge is 0.492 e. The molecule has 1 N–H and O–H groups in total. The van der Waals surface area contributed by atoms with E-state index < -0.39 is 23.6 Å². The number of halogens is 3. The topological polar surface area (TPSA) is 60.0 Å². The zero-order valence-corrected chi connectivity index (χ0v) is 20.6. The Hall–Kier alpha value is -2.62. The lowest BCUT2D eigenvalue weighted by Crippen LogP contribution is -2.33. The van der Waals surface area contributed by atoms with Crippen LogP contribution in [0.2, 0.25) is 0 Å². The third-order valence-electron chi connectivity index (χ3n) is 6.77. The molecule has 1 aliphatic heterocycles. The van der Waals surface area contributed by atoms with Crippen LogP contribution in [0.1, 0.15) is 25.0 Å². The van der Waals surface area contributed by atoms with Gasteiger partial charge in [-0.2, -0.15) is 0 Å². The van der Waals surface area contributed by atoms with Crippen LogP contribution in [0.5, 0.6) is 5.75 Å². The van der Waals surface area contributed by atoms with Gasteiger partial charge in [-0.25, -0.2) is 18.0 Å². The third-order valence-corrected chi connectivity index (χ3v) is 6.77. The van der Waals surface area contributed by atoms with Crippen molar-refractivity contribution in [3.63, 3.8) is 0 Å². The molecule has 0 radical (unpaired) electrons. The molecule has 0 spiro atoms. The Kier molecular flexibility index (Phi) is 8.87. The predicted octanol–water partition coefficient (Wildman–Crippen LogP) is 3.71. The minimum absolute atomic E-state index is 0.188. The van der Waals surface area contributed by atoms with Gasteiger partial charge in [-0.15, -0.1) is 0 Å². The highest BCUT2D eigenvalue weighted by Crippen LogP contribution is 2.45. The second kappa shape index (κ2) is 12.1. The molecule has 196 valence electrons. The number of piperidine rings is 1. The molecule has 1 saturated carbocycles. The van der Waals surface area contributed by atoms with Crippen LogP contribution in [-0.4, -0.2) is 62.5 Å². The van der Waals surface area contributed by atoms with Gasteiger partial charge in [-0.3, -0.25) is 4.90 Å². The molecule has 0 aromatic heterocycles. The Balaban J connectivity index is 1.14. The van der Waals surface area contributed by atoms with Crippen LogP contribution in [0.15, 0.2) is 36.4 Å². The van der Waals surface area contributed by atoms with E-state index in [1.165, 1.54) is 0 Å². The first-order valence-electron chi connectivity index (χ1n) is 12.5. The number of hydrogen-bond acceptors (Lipinski definition) is 6. The van der Waals surface area contributed by atoms with E-state index in [1.807, 2.05) is 31.2 Å². The molecular formula is C27H33F3N2O4. The van der Waals surface area contributed by atoms with Crippen molar-refractivity contribution >= 4 is 5.97 Å². The number of ether oxygens (including phenoxy) is 3. The fraction of sp³-hybridized carbons (Fsp3) is 0.519. The van der Waals surface area contributed by atoms with E-state index in [0.29, 0.717) is 56.7 Å². The molecule has 4 atom stereocenters. The van der Waals surface area contributed by atoms with Gasteiger partial charge in [0.1, 0.15) is 18.2 Å². The number of fused-ring (bicyclic) bond motifs is 1. The van der Waals surface area contributed by atoms with Gasteiger partial charge in [0.25, 0.3) is 0 Å². The normalized spacial score (nSPS) is 21.8. The van der Waals surface area contributed by atoms with Gasteiger partial charge >= 0.3 is 5.97 Å². The molecule has 2 aliphatic rings. The number of nitrogens with one attached hydrogen (secondary N) is 1. The van der Waals surface area contributed by atoms with E-state index >= 15 is 0 Å². The second-order valence-electron chi connectivity index (χ2n) is 9.25. The molecule has 9 heteroatoms. The van der Waals surface area contributed by atoms with Crippen LogP contribution in [0.3, 0.4) is 0 Å². The van der Waals surface area contributed by atoms with Gasteiger partial charge in [0, 0.05) is 56.9 Å². The number of carbonyl (C=O) groups is 1. The molecule has 0 amide bonds. The summed E-state index contributed by atoms with van der Waals surface area (Å²) in [6.45, 7) is 7.48. The van der Waals surface area contributed by atoms with Gasteiger partial charge in [0.05, 0.1) is 6.61 Å². The predicted molar refractivity (Wildman–Crippen MR) is 128 cm³/mol. The number of likely N-dealkylation sites (tertiary alicyclic amines) is 1. The lowest BCUT2D eigenvalue weighted by molar-refractivity contribution is -0.156. The smallest absolute Gasteiger partial charge is 0.335 e. The van der Waals surface area contributed by atoms with E-state index in [1.54, 1.807) is 6.92 Å². The SMILES string of the molecule is CCOC(=O)[C@@H](Cc1ccc(OCCNC2[C@H]3CN(Cc4cc(F)c(F)cc4F)C[C@@H]23)cc1)OCC. The molecule has 1 aliphatic carbocycles. The summed E-state index contributed by atoms with van der Waals surface area (Å²) in [6, 6.07) is 9.56. The van der Waals surface area contributed by atoms with Gasteiger partial charge in [0.2, 0.25) is 0 Å². The number of rotatable bonds is 13. The Morgan fingerprint density at radius 1 is 1.03 bits per heavy atom. The van der Waals surface area contributed by atoms with Crippen molar-refractivity contribution in [2.45, 2.75) is 39.0 Å². The quantitative estimate of drug-likeness (QED) is 0.254. The van der Waals surface area contributed by atoms with Gasteiger partial charge < -0.3 is 19.5 Å². The molecule has 36 heavy (non-hydrogen) atoms. The monoisotopic (exact) mass is 506 g/mol. The standard InChI is InChI=1S/C27H33F3N2O4/c1-3-34-25(27(33)35-4-2)11-17-5-7-19(8-6-17)36-10-9-31-26-20-15-32(16-21(20)26)14-18-12-23(29)24(30)13-22(18)28/h5-8,12-13,20-21,25-26,31H,3-4,9-11,14-16H2,1-2H3/t20-,21+,25-,26?/m1/s1. The molecule has 1 heterocycles. The summed E-state index contributed by atoms with van der Waals surface area (Å²) < 4.78 is 56.9. The highest BCUT2D eigenvalue weighted by atomic mass is 19.2. The van der Waals surface area contributed by atoms with Crippen LogP contribution >= 0.6 is 0 Å². The molecule has 1 saturated heterocycles. The first kappa shape index (κ1) is 26.4. The van der Waals surface area contributed by atoms with Crippen molar-refractivity contribution in [2.24, 2.45) is 11.8 Å². The summed E-state index contributed by atoms with van der Waals surface area (Å²) in [5.41, 5.74) is 1.15. The number of hydrogen-bond donors (Lipinski definition) is 1.